The molecule has 0 atom stereocenters. The normalized spacial score (nSPS) is 11.9. The molecule has 0 spiro atoms. The van der Waals surface area contributed by atoms with Crippen molar-refractivity contribution in [2.45, 2.75) is 0 Å². The van der Waals surface area contributed by atoms with E-state index in [9.17, 15) is 0 Å². The van der Waals surface area contributed by atoms with Crippen LogP contribution in [0.1, 0.15) is 0 Å². The number of hydrogen-bond donors (Lipinski definition) is 0. The lowest BCUT2D eigenvalue weighted by Crippen LogP contribution is -1.97. The summed E-state index contributed by atoms with van der Waals surface area (Å²) in [6.45, 7) is 0. The number of nitrogens with zero attached hydrogens (tertiary/aromatic N) is 2. The maximum Gasteiger partial charge on any atom is 0.143 e. The van der Waals surface area contributed by atoms with Gasteiger partial charge in [-0.25, -0.2) is 0 Å². The van der Waals surface area contributed by atoms with Gasteiger partial charge in [-0.3, -0.25) is 0 Å². The molecule has 266 valence electrons. The fourth-order valence-corrected chi connectivity index (χ4v) is 9.26. The highest BCUT2D eigenvalue weighted by Gasteiger charge is 2.21. The summed E-state index contributed by atoms with van der Waals surface area (Å²) in [7, 11) is 0. The number of fused-ring (bicyclic) bond motifs is 9. The Morgan fingerprint density at radius 2 is 0.702 bits per heavy atom. The zero-order chi connectivity index (χ0) is 37.5. The molecule has 0 unspecified atom stereocenters. The van der Waals surface area contributed by atoms with Crippen LogP contribution in [0.15, 0.2) is 211 Å². The van der Waals surface area contributed by atoms with Gasteiger partial charge in [0.25, 0.3) is 0 Å². The van der Waals surface area contributed by atoms with Crippen LogP contribution in [-0.2, 0) is 0 Å². The summed E-state index contributed by atoms with van der Waals surface area (Å²) in [5.74, 6) is 0. The molecule has 0 radical (unpaired) electrons. The summed E-state index contributed by atoms with van der Waals surface area (Å²) in [6.07, 6.45) is 0. The number of para-hydroxylation sites is 8. The molecule has 0 saturated carbocycles. The monoisotopic (exact) mass is 726 g/mol. The topological polar surface area (TPSA) is 23.0 Å². The van der Waals surface area contributed by atoms with Gasteiger partial charge in [-0.2, -0.15) is 0 Å². The molecule has 0 aliphatic heterocycles. The quantitative estimate of drug-likeness (QED) is 0.173. The molecule has 3 heterocycles. The van der Waals surface area contributed by atoms with Crippen molar-refractivity contribution in [2.24, 2.45) is 0 Å². The molecule has 57 heavy (non-hydrogen) atoms. The summed E-state index contributed by atoms with van der Waals surface area (Å²) in [5.41, 5.74) is 15.6. The average molecular weight is 727 g/mol. The maximum absolute atomic E-state index is 6.70. The average Bonchev–Trinajstić information content (AvgIpc) is 3.95. The highest BCUT2D eigenvalue weighted by molar-refractivity contribution is 6.16. The number of rotatable bonds is 5. The van der Waals surface area contributed by atoms with E-state index in [0.29, 0.717) is 0 Å². The van der Waals surface area contributed by atoms with Crippen molar-refractivity contribution in [3.05, 3.63) is 206 Å². The van der Waals surface area contributed by atoms with E-state index in [1.807, 2.05) is 6.07 Å². The summed E-state index contributed by atoms with van der Waals surface area (Å²) in [6, 6.07) is 74.5. The molecule has 12 rings (SSSR count). The molecule has 9 aromatic carbocycles. The van der Waals surface area contributed by atoms with Gasteiger partial charge < -0.3 is 13.6 Å². The molecule has 12 aromatic rings. The predicted octanol–water partition coefficient (Wildman–Crippen LogP) is 14.8. The molecule has 3 aromatic heterocycles. The van der Waals surface area contributed by atoms with Crippen LogP contribution in [0.2, 0.25) is 0 Å². The van der Waals surface area contributed by atoms with Crippen LogP contribution in [0.5, 0.6) is 0 Å². The Bertz CT molecular complexity index is 3340. The van der Waals surface area contributed by atoms with Crippen molar-refractivity contribution < 1.29 is 4.42 Å². The van der Waals surface area contributed by atoms with Gasteiger partial charge in [0, 0.05) is 60.4 Å². The van der Waals surface area contributed by atoms with Crippen molar-refractivity contribution in [3.8, 4) is 44.8 Å². The Balaban J connectivity index is 1.21. The zero-order valence-corrected chi connectivity index (χ0v) is 30.9. The van der Waals surface area contributed by atoms with Gasteiger partial charge in [-0.05, 0) is 77.4 Å². The van der Waals surface area contributed by atoms with Crippen molar-refractivity contribution in [3.63, 3.8) is 0 Å². The van der Waals surface area contributed by atoms with Gasteiger partial charge in [0.2, 0.25) is 0 Å². The first-order chi connectivity index (χ1) is 28.3. The number of furan rings is 1. The van der Waals surface area contributed by atoms with E-state index >= 15 is 0 Å². The second-order valence-corrected chi connectivity index (χ2v) is 14.9. The first kappa shape index (κ1) is 31.7. The third kappa shape index (κ3) is 4.79. The molecule has 0 amide bonds. The van der Waals surface area contributed by atoms with E-state index in [1.165, 1.54) is 54.7 Å². The second kappa shape index (κ2) is 12.5. The molecule has 0 bridgehead atoms. The minimum atomic E-state index is 0.894. The van der Waals surface area contributed by atoms with Gasteiger partial charge in [0.05, 0.1) is 22.1 Å². The highest BCUT2D eigenvalue weighted by atomic mass is 16.3. The lowest BCUT2D eigenvalue weighted by atomic mass is 9.91. The highest BCUT2D eigenvalue weighted by Crippen LogP contribution is 2.45. The van der Waals surface area contributed by atoms with Crippen LogP contribution in [0.25, 0.3) is 110 Å². The van der Waals surface area contributed by atoms with Crippen molar-refractivity contribution in [1.29, 1.82) is 0 Å². The first-order valence-corrected chi connectivity index (χ1v) is 19.5. The van der Waals surface area contributed by atoms with E-state index in [1.54, 1.807) is 0 Å². The van der Waals surface area contributed by atoms with E-state index in [4.69, 9.17) is 4.42 Å². The number of hydrogen-bond acceptors (Lipinski definition) is 1. The fourth-order valence-electron chi connectivity index (χ4n) is 9.26. The minimum Gasteiger partial charge on any atom is -0.455 e. The van der Waals surface area contributed by atoms with Gasteiger partial charge in [-0.1, -0.05) is 146 Å². The van der Waals surface area contributed by atoms with E-state index < -0.39 is 0 Å². The number of aromatic nitrogens is 2. The summed E-state index contributed by atoms with van der Waals surface area (Å²) in [5, 5.41) is 7.17. The standard InChI is InChI=1S/C54H34N2O/c1-3-16-38(17-4-1)55-49-29-10-7-20-43(49)46-26-13-23-40(52(46)55)35-32-36(34-37(33-35)42-25-15-28-48-45-22-9-12-31-51(45)57-54(42)48)41-24-14-27-47-44-21-8-11-30-50(44)56(53(41)47)39-18-5-2-6-19-39/h1-34H. The van der Waals surface area contributed by atoms with E-state index in [0.717, 1.165) is 55.6 Å². The molecule has 0 saturated heterocycles. The summed E-state index contributed by atoms with van der Waals surface area (Å²) in [4.78, 5) is 0. The zero-order valence-electron chi connectivity index (χ0n) is 30.9. The lowest BCUT2D eigenvalue weighted by Gasteiger charge is -2.16. The molecule has 0 fully saturated rings. The lowest BCUT2D eigenvalue weighted by molar-refractivity contribution is 0.670. The molecule has 0 N–H and O–H groups in total. The van der Waals surface area contributed by atoms with Crippen LogP contribution in [0, 0.1) is 0 Å². The Morgan fingerprint density at radius 1 is 0.298 bits per heavy atom. The minimum absolute atomic E-state index is 0.894. The fraction of sp³-hybridized carbons (Fsp3) is 0. The van der Waals surface area contributed by atoms with Crippen LogP contribution < -0.4 is 0 Å². The summed E-state index contributed by atoms with van der Waals surface area (Å²) >= 11 is 0. The molecule has 0 aliphatic rings. The Morgan fingerprint density at radius 3 is 1.25 bits per heavy atom. The molecule has 3 nitrogen and oxygen atoms in total. The van der Waals surface area contributed by atoms with Crippen LogP contribution >= 0.6 is 0 Å². The molecular weight excluding hydrogens is 693 g/mol. The number of benzene rings is 9. The smallest absolute Gasteiger partial charge is 0.143 e. The third-order valence-corrected chi connectivity index (χ3v) is 11.7. The largest absolute Gasteiger partial charge is 0.455 e. The Kier molecular flexibility index (Phi) is 6.93. The van der Waals surface area contributed by atoms with Gasteiger partial charge in [-0.15, -0.1) is 0 Å². The third-order valence-electron chi connectivity index (χ3n) is 11.7. The SMILES string of the molecule is c1ccc(-n2c3ccccc3c3cccc(-c4cc(-c5cccc6c5oc5ccccc56)cc(-c5cccc6c7ccccc7n(-c7ccccc7)c56)c4)c32)cc1. The van der Waals surface area contributed by atoms with Crippen molar-refractivity contribution in [2.75, 3.05) is 0 Å². The molecular formula is C54H34N2O. The van der Waals surface area contributed by atoms with E-state index in [-0.39, 0.29) is 0 Å². The Labute approximate surface area is 328 Å². The second-order valence-electron chi connectivity index (χ2n) is 14.9. The van der Waals surface area contributed by atoms with Gasteiger partial charge >= 0.3 is 0 Å². The summed E-state index contributed by atoms with van der Waals surface area (Å²) < 4.78 is 11.6. The molecule has 3 heteroatoms. The van der Waals surface area contributed by atoms with Gasteiger partial charge in [0.15, 0.2) is 0 Å². The van der Waals surface area contributed by atoms with Crippen molar-refractivity contribution in [1.82, 2.24) is 9.13 Å². The van der Waals surface area contributed by atoms with Crippen LogP contribution in [0.4, 0.5) is 0 Å². The van der Waals surface area contributed by atoms with Crippen LogP contribution in [0.3, 0.4) is 0 Å². The maximum atomic E-state index is 6.70. The molecule has 0 aliphatic carbocycles. The van der Waals surface area contributed by atoms with Crippen LogP contribution in [-0.4, -0.2) is 9.13 Å². The van der Waals surface area contributed by atoms with E-state index in [2.05, 4.69) is 209 Å². The predicted molar refractivity (Wildman–Crippen MR) is 239 cm³/mol. The van der Waals surface area contributed by atoms with Gasteiger partial charge in [0.1, 0.15) is 11.2 Å². The first-order valence-electron chi connectivity index (χ1n) is 19.5. The van der Waals surface area contributed by atoms with Crippen molar-refractivity contribution >= 4 is 65.6 Å². The Hall–Kier alpha value is -7.62.